The molecule has 12 heavy (non-hydrogen) atoms. The zero-order chi connectivity index (χ0) is 9.19. The van der Waals surface area contributed by atoms with E-state index in [4.69, 9.17) is 0 Å². The summed E-state index contributed by atoms with van der Waals surface area (Å²) in [6.45, 7) is 0. The molecule has 1 atom stereocenters. The van der Waals surface area contributed by atoms with Crippen molar-refractivity contribution in [3.63, 3.8) is 0 Å². The van der Waals surface area contributed by atoms with Gasteiger partial charge in [0.25, 0.3) is 0 Å². The second-order valence-electron chi connectivity index (χ2n) is 3.42. The van der Waals surface area contributed by atoms with Crippen LogP contribution in [0, 0.1) is 11.8 Å². The fourth-order valence-electron chi connectivity index (χ4n) is 1.56. The molecule has 0 bridgehead atoms. The van der Waals surface area contributed by atoms with Crippen LogP contribution in [0.25, 0.3) is 0 Å². The number of rotatable bonds is 3. The molecule has 0 aliphatic heterocycles. The van der Waals surface area contributed by atoms with E-state index in [2.05, 4.69) is 15.9 Å². The number of hydrogen-bond acceptors (Lipinski definition) is 0. The van der Waals surface area contributed by atoms with Crippen LogP contribution in [0.3, 0.4) is 0 Å². The van der Waals surface area contributed by atoms with Crippen LogP contribution in [-0.4, -0.2) is 11.5 Å². The van der Waals surface area contributed by atoms with Crippen LogP contribution in [0.4, 0.5) is 13.2 Å². The molecule has 0 amide bonds. The summed E-state index contributed by atoms with van der Waals surface area (Å²) < 4.78 is 36.0. The lowest BCUT2D eigenvalue weighted by atomic mass is 9.75. The monoisotopic (exact) mass is 244 g/mol. The molecule has 0 nitrogen and oxygen atoms in total. The summed E-state index contributed by atoms with van der Waals surface area (Å²) >= 11 is 3.14. The van der Waals surface area contributed by atoms with E-state index in [9.17, 15) is 13.2 Å². The Bertz CT molecular complexity index is 140. The van der Waals surface area contributed by atoms with Crippen molar-refractivity contribution in [2.24, 2.45) is 11.8 Å². The summed E-state index contributed by atoms with van der Waals surface area (Å²) in [6, 6.07) is 0. The minimum Gasteiger partial charge on any atom is -0.171 e. The minimum atomic E-state index is -3.99. The molecule has 0 N–H and O–H groups in total. The van der Waals surface area contributed by atoms with E-state index in [0.29, 0.717) is 11.2 Å². The molecule has 1 saturated carbocycles. The fourth-order valence-corrected chi connectivity index (χ4v) is 2.31. The average molecular weight is 245 g/mol. The number of halogens is 4. The fraction of sp³-hybridized carbons (Fsp3) is 1.00. The van der Waals surface area contributed by atoms with E-state index >= 15 is 0 Å². The van der Waals surface area contributed by atoms with Crippen molar-refractivity contribution in [2.75, 3.05) is 5.33 Å². The first kappa shape index (κ1) is 10.4. The summed E-state index contributed by atoms with van der Waals surface area (Å²) in [5.41, 5.74) is 0. The number of alkyl halides is 4. The molecule has 0 spiro atoms. The van der Waals surface area contributed by atoms with E-state index < -0.39 is 12.6 Å². The van der Waals surface area contributed by atoms with Gasteiger partial charge in [-0.15, -0.1) is 0 Å². The second-order valence-corrected chi connectivity index (χ2v) is 4.07. The second kappa shape index (κ2) is 3.99. The maximum Gasteiger partial charge on any atom is 0.389 e. The highest BCUT2D eigenvalue weighted by Gasteiger charge is 2.36. The van der Waals surface area contributed by atoms with Crippen LogP contribution in [-0.2, 0) is 0 Å². The van der Waals surface area contributed by atoms with Gasteiger partial charge in [0.15, 0.2) is 0 Å². The van der Waals surface area contributed by atoms with Crippen LogP contribution < -0.4 is 0 Å². The van der Waals surface area contributed by atoms with Gasteiger partial charge in [0.1, 0.15) is 0 Å². The Hall–Kier alpha value is 0.270. The van der Waals surface area contributed by atoms with Crippen molar-refractivity contribution in [3.8, 4) is 0 Å². The van der Waals surface area contributed by atoms with Gasteiger partial charge >= 0.3 is 6.18 Å². The molecule has 1 rings (SSSR count). The highest BCUT2D eigenvalue weighted by Crippen LogP contribution is 2.39. The molecule has 0 unspecified atom stereocenters. The van der Waals surface area contributed by atoms with Gasteiger partial charge in [0.05, 0.1) is 0 Å². The smallest absolute Gasteiger partial charge is 0.171 e. The molecular weight excluding hydrogens is 233 g/mol. The van der Waals surface area contributed by atoms with Crippen molar-refractivity contribution in [1.29, 1.82) is 0 Å². The first-order chi connectivity index (χ1) is 5.53. The van der Waals surface area contributed by atoms with Gasteiger partial charge in [-0.3, -0.25) is 0 Å². The quantitative estimate of drug-likeness (QED) is 0.664. The van der Waals surface area contributed by atoms with Crippen molar-refractivity contribution in [1.82, 2.24) is 0 Å². The highest BCUT2D eigenvalue weighted by molar-refractivity contribution is 9.09. The Morgan fingerprint density at radius 2 is 1.92 bits per heavy atom. The summed E-state index contributed by atoms with van der Waals surface area (Å²) in [6.07, 6.45) is -1.55. The maximum absolute atomic E-state index is 12.0. The predicted molar refractivity (Wildman–Crippen MR) is 45.3 cm³/mol. The summed E-state index contributed by atoms with van der Waals surface area (Å²) in [7, 11) is 0. The van der Waals surface area contributed by atoms with Gasteiger partial charge in [-0.1, -0.05) is 35.2 Å². The van der Waals surface area contributed by atoms with E-state index in [0.717, 1.165) is 19.3 Å². The first-order valence-corrected chi connectivity index (χ1v) is 5.28. The Morgan fingerprint density at radius 3 is 2.17 bits per heavy atom. The van der Waals surface area contributed by atoms with Gasteiger partial charge < -0.3 is 0 Å². The Morgan fingerprint density at radius 1 is 1.33 bits per heavy atom. The molecule has 0 aromatic heterocycles. The van der Waals surface area contributed by atoms with Crippen LogP contribution in [0.1, 0.15) is 25.7 Å². The third-order valence-electron chi connectivity index (χ3n) is 2.51. The zero-order valence-electron chi connectivity index (χ0n) is 6.70. The number of hydrogen-bond donors (Lipinski definition) is 0. The Balaban J connectivity index is 2.34. The highest BCUT2D eigenvalue weighted by atomic mass is 79.9. The van der Waals surface area contributed by atoms with Gasteiger partial charge in [-0.05, 0) is 11.8 Å². The molecule has 1 fully saturated rings. The van der Waals surface area contributed by atoms with E-state index in [-0.39, 0.29) is 5.92 Å². The third-order valence-corrected chi connectivity index (χ3v) is 3.34. The van der Waals surface area contributed by atoms with E-state index in [1.54, 1.807) is 0 Å². The van der Waals surface area contributed by atoms with Crippen molar-refractivity contribution in [3.05, 3.63) is 0 Å². The topological polar surface area (TPSA) is 0 Å². The maximum atomic E-state index is 12.0. The van der Waals surface area contributed by atoms with Gasteiger partial charge in [-0.2, -0.15) is 13.2 Å². The molecule has 1 aliphatic rings. The normalized spacial score (nSPS) is 22.0. The lowest BCUT2D eigenvalue weighted by Gasteiger charge is -2.33. The van der Waals surface area contributed by atoms with Gasteiger partial charge in [-0.25, -0.2) is 0 Å². The van der Waals surface area contributed by atoms with E-state index in [1.807, 2.05) is 0 Å². The minimum absolute atomic E-state index is 0.196. The van der Waals surface area contributed by atoms with E-state index in [1.165, 1.54) is 0 Å². The van der Waals surface area contributed by atoms with Crippen molar-refractivity contribution >= 4 is 15.9 Å². The van der Waals surface area contributed by atoms with Crippen LogP contribution in [0.2, 0.25) is 0 Å². The lowest BCUT2D eigenvalue weighted by Crippen LogP contribution is -2.27. The van der Waals surface area contributed by atoms with Gasteiger partial charge in [0.2, 0.25) is 0 Å². The zero-order valence-corrected chi connectivity index (χ0v) is 8.29. The lowest BCUT2D eigenvalue weighted by molar-refractivity contribution is -0.148. The van der Waals surface area contributed by atoms with Crippen LogP contribution >= 0.6 is 15.9 Å². The summed E-state index contributed by atoms with van der Waals surface area (Å²) in [5, 5.41) is 0.483. The molecule has 0 radical (unpaired) electrons. The standard InChI is InChI=1S/C8H12BrF3/c9-5-7(4-8(10,11)12)6-2-1-3-6/h6-7H,1-5H2/t7-/m1/s1. The first-order valence-electron chi connectivity index (χ1n) is 4.15. The Kier molecular flexibility index (Phi) is 3.44. The van der Waals surface area contributed by atoms with Crippen LogP contribution in [0.15, 0.2) is 0 Å². The van der Waals surface area contributed by atoms with Crippen LogP contribution in [0.5, 0.6) is 0 Å². The summed E-state index contributed by atoms with van der Waals surface area (Å²) in [5.74, 6) is 0.116. The molecule has 0 saturated heterocycles. The molecule has 4 heteroatoms. The molecule has 0 aromatic carbocycles. The SMILES string of the molecule is FC(F)(F)C[C@H](CBr)C1CCC1. The van der Waals surface area contributed by atoms with Crippen molar-refractivity contribution < 1.29 is 13.2 Å². The average Bonchev–Trinajstić information content (AvgIpc) is 1.79. The Labute approximate surface area is 78.7 Å². The molecular formula is C8H12BrF3. The molecule has 72 valence electrons. The molecule has 0 heterocycles. The van der Waals surface area contributed by atoms with Gasteiger partial charge in [0, 0.05) is 11.8 Å². The predicted octanol–water partition coefficient (Wildman–Crippen LogP) is 3.75. The van der Waals surface area contributed by atoms with Crippen molar-refractivity contribution in [2.45, 2.75) is 31.9 Å². The summed E-state index contributed by atoms with van der Waals surface area (Å²) in [4.78, 5) is 0. The third kappa shape index (κ3) is 2.96. The molecule has 1 aliphatic carbocycles. The largest absolute Gasteiger partial charge is 0.389 e. The molecule has 0 aromatic rings.